The maximum atomic E-state index is 12.0. The van der Waals surface area contributed by atoms with Gasteiger partial charge in [0.15, 0.2) is 0 Å². The van der Waals surface area contributed by atoms with Crippen LogP contribution in [0, 0.1) is 0 Å². The van der Waals surface area contributed by atoms with Crippen LogP contribution in [0.5, 0.6) is 5.75 Å². The Labute approximate surface area is 105 Å². The number of rotatable bonds is 4. The second kappa shape index (κ2) is 5.84. The minimum absolute atomic E-state index is 0.107. The molecule has 3 nitrogen and oxygen atoms in total. The van der Waals surface area contributed by atoms with Crippen LogP contribution in [0.1, 0.15) is 5.56 Å². The van der Waals surface area contributed by atoms with Gasteiger partial charge in [0.1, 0.15) is 5.75 Å². The lowest BCUT2D eigenvalue weighted by Gasteiger charge is -2.09. The third-order valence-corrected chi connectivity index (χ3v) is 2.28. The number of ether oxygens (including phenoxy) is 1. The summed E-state index contributed by atoms with van der Waals surface area (Å²) in [6.45, 7) is -3.04. The number of carbonyl (C=O) groups is 1. The van der Waals surface area contributed by atoms with E-state index in [1.165, 1.54) is 6.07 Å². The summed E-state index contributed by atoms with van der Waals surface area (Å²) in [4.78, 5) is 10.3. The summed E-state index contributed by atoms with van der Waals surface area (Å²) < 4.78 is 28.2. The summed E-state index contributed by atoms with van der Waals surface area (Å²) in [7, 11) is 0. The van der Waals surface area contributed by atoms with E-state index < -0.39 is 12.6 Å². The number of halogens is 4. The van der Waals surface area contributed by atoms with Gasteiger partial charge in [-0.05, 0) is 17.7 Å². The Morgan fingerprint density at radius 3 is 2.59 bits per heavy atom. The molecule has 0 radical (unpaired) electrons. The Morgan fingerprint density at radius 2 is 2.06 bits per heavy atom. The lowest BCUT2D eigenvalue weighted by molar-refractivity contribution is -0.131. The highest BCUT2D eigenvalue weighted by Crippen LogP contribution is 2.33. The van der Waals surface area contributed by atoms with E-state index in [0.717, 1.165) is 18.2 Å². The van der Waals surface area contributed by atoms with Crippen LogP contribution in [0.3, 0.4) is 0 Å². The van der Waals surface area contributed by atoms with Crippen molar-refractivity contribution >= 4 is 35.2 Å². The first-order valence-electron chi connectivity index (χ1n) is 4.25. The molecule has 0 spiro atoms. The van der Waals surface area contributed by atoms with Gasteiger partial charge in [-0.1, -0.05) is 23.2 Å². The number of carboxylic acids is 1. The van der Waals surface area contributed by atoms with Crippen molar-refractivity contribution in [3.63, 3.8) is 0 Å². The van der Waals surface area contributed by atoms with E-state index in [1.807, 2.05) is 0 Å². The smallest absolute Gasteiger partial charge is 0.387 e. The van der Waals surface area contributed by atoms with Gasteiger partial charge in [-0.15, -0.1) is 0 Å². The number of hydrogen-bond donors (Lipinski definition) is 1. The van der Waals surface area contributed by atoms with Crippen LogP contribution in [-0.4, -0.2) is 17.7 Å². The van der Waals surface area contributed by atoms with Gasteiger partial charge in [0, 0.05) is 17.2 Å². The fourth-order valence-electron chi connectivity index (χ4n) is 1.05. The molecule has 1 aromatic carbocycles. The minimum Gasteiger partial charge on any atom is -0.478 e. The van der Waals surface area contributed by atoms with Gasteiger partial charge in [0.25, 0.3) is 0 Å². The van der Waals surface area contributed by atoms with E-state index in [-0.39, 0.29) is 21.4 Å². The first-order valence-corrected chi connectivity index (χ1v) is 5.00. The third kappa shape index (κ3) is 4.20. The van der Waals surface area contributed by atoms with Crippen LogP contribution in [0.25, 0.3) is 6.08 Å². The molecule has 0 aliphatic heterocycles. The van der Waals surface area contributed by atoms with Crippen molar-refractivity contribution in [2.45, 2.75) is 6.61 Å². The van der Waals surface area contributed by atoms with E-state index in [1.54, 1.807) is 0 Å². The van der Waals surface area contributed by atoms with Crippen molar-refractivity contribution in [3.05, 3.63) is 33.8 Å². The Hall–Kier alpha value is -1.33. The molecule has 7 heteroatoms. The van der Waals surface area contributed by atoms with Crippen LogP contribution >= 0.6 is 23.2 Å². The SMILES string of the molecule is O=C(O)C=Cc1cc(Cl)cc(OC(F)F)c1Cl. The average molecular weight is 283 g/mol. The van der Waals surface area contributed by atoms with Crippen LogP contribution in [-0.2, 0) is 4.79 Å². The average Bonchev–Trinajstić information content (AvgIpc) is 2.19. The molecule has 0 saturated heterocycles. The maximum absolute atomic E-state index is 12.0. The van der Waals surface area contributed by atoms with Gasteiger partial charge in [0.2, 0.25) is 0 Å². The zero-order valence-electron chi connectivity index (χ0n) is 8.16. The molecule has 17 heavy (non-hydrogen) atoms. The quantitative estimate of drug-likeness (QED) is 0.857. The normalized spacial score (nSPS) is 11.1. The molecule has 92 valence electrons. The van der Waals surface area contributed by atoms with Gasteiger partial charge in [-0.3, -0.25) is 0 Å². The second-order valence-electron chi connectivity index (χ2n) is 2.86. The summed E-state index contributed by atoms with van der Waals surface area (Å²) in [5.74, 6) is -1.50. The molecular weight excluding hydrogens is 277 g/mol. The molecule has 0 bridgehead atoms. The molecule has 0 aliphatic rings. The van der Waals surface area contributed by atoms with Gasteiger partial charge in [-0.25, -0.2) is 4.79 Å². The highest BCUT2D eigenvalue weighted by molar-refractivity contribution is 6.35. The van der Waals surface area contributed by atoms with Crippen molar-refractivity contribution in [1.29, 1.82) is 0 Å². The standard InChI is InChI=1S/C10H6Cl2F2O3/c11-6-3-5(1-2-8(15)16)9(12)7(4-6)17-10(13)14/h1-4,10H,(H,15,16). The number of aliphatic carboxylic acids is 1. The lowest BCUT2D eigenvalue weighted by Crippen LogP contribution is -2.02. The Balaban J connectivity index is 3.14. The zero-order valence-corrected chi connectivity index (χ0v) is 9.67. The third-order valence-electron chi connectivity index (χ3n) is 1.65. The first-order chi connectivity index (χ1) is 7.90. The summed E-state index contributed by atoms with van der Waals surface area (Å²) >= 11 is 11.4. The van der Waals surface area contributed by atoms with E-state index in [2.05, 4.69) is 4.74 Å². The molecule has 0 saturated carbocycles. The van der Waals surface area contributed by atoms with Gasteiger partial charge in [-0.2, -0.15) is 8.78 Å². The summed E-state index contributed by atoms with van der Waals surface area (Å²) in [6.07, 6.45) is 1.94. The van der Waals surface area contributed by atoms with Crippen molar-refractivity contribution < 1.29 is 23.4 Å². The molecule has 0 atom stereocenters. The van der Waals surface area contributed by atoms with Crippen molar-refractivity contribution in [2.24, 2.45) is 0 Å². The second-order valence-corrected chi connectivity index (χ2v) is 3.67. The van der Waals surface area contributed by atoms with Crippen molar-refractivity contribution in [3.8, 4) is 5.75 Å². The monoisotopic (exact) mass is 282 g/mol. The van der Waals surface area contributed by atoms with E-state index in [4.69, 9.17) is 28.3 Å². The molecule has 0 aromatic heterocycles. The maximum Gasteiger partial charge on any atom is 0.387 e. The fraction of sp³-hybridized carbons (Fsp3) is 0.100. The van der Waals surface area contributed by atoms with Gasteiger partial charge < -0.3 is 9.84 Å². The number of benzene rings is 1. The molecule has 0 amide bonds. The number of hydrogen-bond acceptors (Lipinski definition) is 2. The van der Waals surface area contributed by atoms with Gasteiger partial charge in [0.05, 0.1) is 5.02 Å². The van der Waals surface area contributed by atoms with Crippen molar-refractivity contribution in [1.82, 2.24) is 0 Å². The summed E-state index contributed by atoms with van der Waals surface area (Å²) in [5.41, 5.74) is 0.178. The van der Waals surface area contributed by atoms with Gasteiger partial charge >= 0.3 is 12.6 Å². The van der Waals surface area contributed by atoms with Crippen LogP contribution < -0.4 is 4.74 Å². The van der Waals surface area contributed by atoms with E-state index >= 15 is 0 Å². The van der Waals surface area contributed by atoms with Crippen LogP contribution in [0.4, 0.5) is 8.78 Å². The molecule has 1 aromatic rings. The first kappa shape index (κ1) is 13.7. The highest BCUT2D eigenvalue weighted by atomic mass is 35.5. The fourth-order valence-corrected chi connectivity index (χ4v) is 1.48. The zero-order chi connectivity index (χ0) is 13.0. The minimum atomic E-state index is -3.04. The Morgan fingerprint density at radius 1 is 1.41 bits per heavy atom. The largest absolute Gasteiger partial charge is 0.478 e. The molecule has 1 N–H and O–H groups in total. The molecule has 1 rings (SSSR count). The molecule has 0 fully saturated rings. The van der Waals surface area contributed by atoms with E-state index in [0.29, 0.717) is 0 Å². The summed E-state index contributed by atoms with van der Waals surface area (Å²) in [6, 6.07) is 2.45. The van der Waals surface area contributed by atoms with Crippen LogP contribution in [0.15, 0.2) is 18.2 Å². The van der Waals surface area contributed by atoms with E-state index in [9.17, 15) is 13.6 Å². The molecule has 0 aliphatic carbocycles. The van der Waals surface area contributed by atoms with Crippen molar-refractivity contribution in [2.75, 3.05) is 0 Å². The topological polar surface area (TPSA) is 46.5 Å². The predicted octanol–water partition coefficient (Wildman–Crippen LogP) is 3.69. The lowest BCUT2D eigenvalue weighted by atomic mass is 10.2. The molecular formula is C10H6Cl2F2O3. The molecule has 0 heterocycles. The predicted molar refractivity (Wildman–Crippen MR) is 59.8 cm³/mol. The number of alkyl halides is 2. The highest BCUT2D eigenvalue weighted by Gasteiger charge is 2.12. The Kier molecular flexibility index (Phi) is 4.72. The molecule has 0 unspecified atom stereocenters. The number of carboxylic acid groups (broad SMARTS) is 1. The summed E-state index contributed by atoms with van der Waals surface area (Å²) in [5, 5.41) is 8.41. The Bertz CT molecular complexity index is 461. The van der Waals surface area contributed by atoms with Crippen LogP contribution in [0.2, 0.25) is 10.0 Å².